The zero-order valence-electron chi connectivity index (χ0n) is 14.6. The molecule has 2 aliphatic rings. The summed E-state index contributed by atoms with van der Waals surface area (Å²) in [5.74, 6) is 3.14. The van der Waals surface area contributed by atoms with Crippen molar-refractivity contribution < 1.29 is 14.2 Å². The molecule has 0 saturated carbocycles. The molecule has 0 unspecified atom stereocenters. The molecule has 0 atom stereocenters. The van der Waals surface area contributed by atoms with Crippen LogP contribution < -0.4 is 24.4 Å². The van der Waals surface area contributed by atoms with Crippen molar-refractivity contribution in [3.63, 3.8) is 0 Å². The Balaban J connectivity index is 0.00000196. The minimum absolute atomic E-state index is 0. The molecule has 0 saturated heterocycles. The van der Waals surface area contributed by atoms with Gasteiger partial charge in [-0.1, -0.05) is 18.2 Å². The summed E-state index contributed by atoms with van der Waals surface area (Å²) in [6.45, 7) is 2.42. The molecule has 1 N–H and O–H groups in total. The number of halogens is 1. The Bertz CT molecular complexity index is 797. The first-order valence-corrected chi connectivity index (χ1v) is 8.44. The third-order valence-electron chi connectivity index (χ3n) is 4.35. The van der Waals surface area contributed by atoms with Gasteiger partial charge in [-0.15, -0.1) is 24.0 Å². The van der Waals surface area contributed by atoms with Crippen molar-refractivity contribution in [1.29, 1.82) is 0 Å². The van der Waals surface area contributed by atoms with Crippen LogP contribution in [0.1, 0.15) is 5.56 Å². The second kappa shape index (κ2) is 8.48. The van der Waals surface area contributed by atoms with E-state index in [0.29, 0.717) is 13.2 Å². The number of guanidine groups is 1. The molecule has 7 heteroatoms. The standard InChI is InChI=1S/C19H21N3O3.HI/c1-20-19(22-10-8-14-4-2-3-5-16(14)22)21-9-11-23-15-6-7-17-18(12-15)25-13-24-17;/h2-7,12H,8-11,13H2,1H3,(H,20,21);1H. The van der Waals surface area contributed by atoms with Crippen LogP contribution in [0.5, 0.6) is 17.2 Å². The van der Waals surface area contributed by atoms with E-state index in [2.05, 4.69) is 39.5 Å². The molecule has 4 rings (SSSR count). The van der Waals surface area contributed by atoms with Crippen molar-refractivity contribution in [2.24, 2.45) is 4.99 Å². The van der Waals surface area contributed by atoms with Crippen LogP contribution in [0, 0.1) is 0 Å². The van der Waals surface area contributed by atoms with Gasteiger partial charge in [0.2, 0.25) is 6.79 Å². The van der Waals surface area contributed by atoms with Gasteiger partial charge < -0.3 is 24.4 Å². The van der Waals surface area contributed by atoms with Gasteiger partial charge in [-0.2, -0.15) is 0 Å². The molecule has 0 radical (unpaired) electrons. The van der Waals surface area contributed by atoms with E-state index in [9.17, 15) is 0 Å². The summed E-state index contributed by atoms with van der Waals surface area (Å²) >= 11 is 0. The lowest BCUT2D eigenvalue weighted by Gasteiger charge is -2.22. The average molecular weight is 467 g/mol. The van der Waals surface area contributed by atoms with Crippen LogP contribution in [0.3, 0.4) is 0 Å². The maximum Gasteiger partial charge on any atom is 0.231 e. The topological polar surface area (TPSA) is 55.3 Å². The molecule has 0 amide bonds. The predicted molar refractivity (Wildman–Crippen MR) is 112 cm³/mol. The van der Waals surface area contributed by atoms with Crippen molar-refractivity contribution >= 4 is 35.6 Å². The summed E-state index contributed by atoms with van der Waals surface area (Å²) in [7, 11) is 1.81. The minimum atomic E-state index is 0. The predicted octanol–water partition coefficient (Wildman–Crippen LogP) is 3.05. The Kier molecular flexibility index (Phi) is 6.08. The number of hydrogen-bond donors (Lipinski definition) is 1. The van der Waals surface area contributed by atoms with Gasteiger partial charge in [-0.25, -0.2) is 0 Å². The Labute approximate surface area is 170 Å². The molecule has 0 aliphatic carbocycles. The summed E-state index contributed by atoms with van der Waals surface area (Å²) in [5.41, 5.74) is 2.59. The SMILES string of the molecule is CN=C(NCCOc1ccc2c(c1)OCO2)N1CCc2ccccc21.I. The van der Waals surface area contributed by atoms with Crippen LogP contribution in [-0.4, -0.2) is 39.5 Å². The zero-order chi connectivity index (χ0) is 17.1. The van der Waals surface area contributed by atoms with Crippen molar-refractivity contribution in [2.75, 3.05) is 38.4 Å². The first-order chi connectivity index (χ1) is 12.3. The number of benzene rings is 2. The molecule has 6 nitrogen and oxygen atoms in total. The Hall–Kier alpha value is -2.16. The lowest BCUT2D eigenvalue weighted by atomic mass is 10.2. The fourth-order valence-corrected chi connectivity index (χ4v) is 3.15. The number of fused-ring (bicyclic) bond motifs is 2. The van der Waals surface area contributed by atoms with E-state index in [4.69, 9.17) is 14.2 Å². The van der Waals surface area contributed by atoms with Crippen LogP contribution in [0.15, 0.2) is 47.5 Å². The molecule has 26 heavy (non-hydrogen) atoms. The quantitative estimate of drug-likeness (QED) is 0.324. The van der Waals surface area contributed by atoms with Gasteiger partial charge >= 0.3 is 0 Å². The molecular formula is C19H22IN3O3. The fraction of sp³-hybridized carbons (Fsp3) is 0.316. The van der Waals surface area contributed by atoms with E-state index in [1.54, 1.807) is 0 Å². The van der Waals surface area contributed by atoms with Crippen molar-refractivity contribution in [2.45, 2.75) is 6.42 Å². The first-order valence-electron chi connectivity index (χ1n) is 8.44. The maximum absolute atomic E-state index is 5.79. The van der Waals surface area contributed by atoms with E-state index < -0.39 is 0 Å². The number of hydrogen-bond acceptors (Lipinski definition) is 4. The number of nitrogens with zero attached hydrogens (tertiary/aromatic N) is 2. The molecule has 2 aromatic rings. The van der Waals surface area contributed by atoms with Crippen molar-refractivity contribution in [1.82, 2.24) is 5.32 Å². The number of nitrogens with one attached hydrogen (secondary N) is 1. The summed E-state index contributed by atoms with van der Waals surface area (Å²) < 4.78 is 16.4. The van der Waals surface area contributed by atoms with E-state index in [1.807, 2.05) is 25.2 Å². The van der Waals surface area contributed by atoms with Crippen LogP contribution in [0.25, 0.3) is 0 Å². The summed E-state index contributed by atoms with van der Waals surface area (Å²) in [5, 5.41) is 3.37. The van der Waals surface area contributed by atoms with Crippen molar-refractivity contribution in [3.05, 3.63) is 48.0 Å². The lowest BCUT2D eigenvalue weighted by molar-refractivity contribution is 0.173. The van der Waals surface area contributed by atoms with E-state index in [1.165, 1.54) is 11.3 Å². The second-order valence-electron chi connectivity index (χ2n) is 5.87. The van der Waals surface area contributed by atoms with Gasteiger partial charge in [0.1, 0.15) is 12.4 Å². The minimum Gasteiger partial charge on any atom is -0.492 e. The third-order valence-corrected chi connectivity index (χ3v) is 4.35. The highest BCUT2D eigenvalue weighted by Gasteiger charge is 2.22. The molecular weight excluding hydrogens is 445 g/mol. The molecule has 0 fully saturated rings. The number of rotatable bonds is 4. The normalized spacial score (nSPS) is 14.7. The highest BCUT2D eigenvalue weighted by atomic mass is 127. The Morgan fingerprint density at radius 1 is 1.19 bits per heavy atom. The van der Waals surface area contributed by atoms with E-state index in [-0.39, 0.29) is 30.8 Å². The Morgan fingerprint density at radius 3 is 2.92 bits per heavy atom. The molecule has 2 aliphatic heterocycles. The molecule has 138 valence electrons. The lowest BCUT2D eigenvalue weighted by Crippen LogP contribution is -2.42. The molecule has 2 aromatic carbocycles. The largest absolute Gasteiger partial charge is 0.492 e. The summed E-state index contributed by atoms with van der Waals surface area (Å²) in [4.78, 5) is 6.62. The van der Waals surface area contributed by atoms with Crippen LogP contribution in [-0.2, 0) is 6.42 Å². The number of anilines is 1. The van der Waals surface area contributed by atoms with Crippen LogP contribution in [0.2, 0.25) is 0 Å². The smallest absolute Gasteiger partial charge is 0.231 e. The summed E-state index contributed by atoms with van der Waals surface area (Å²) in [6.07, 6.45) is 1.05. The zero-order valence-corrected chi connectivity index (χ0v) is 16.9. The monoisotopic (exact) mass is 467 g/mol. The van der Waals surface area contributed by atoms with E-state index in [0.717, 1.165) is 36.2 Å². The molecule has 0 bridgehead atoms. The highest BCUT2D eigenvalue weighted by Crippen LogP contribution is 2.35. The third kappa shape index (κ3) is 3.82. The van der Waals surface area contributed by atoms with Crippen LogP contribution >= 0.6 is 24.0 Å². The van der Waals surface area contributed by atoms with Gasteiger partial charge in [0, 0.05) is 25.3 Å². The van der Waals surface area contributed by atoms with E-state index >= 15 is 0 Å². The first kappa shape index (κ1) is 18.6. The van der Waals surface area contributed by atoms with Gasteiger partial charge in [-0.05, 0) is 30.2 Å². The van der Waals surface area contributed by atoms with Crippen molar-refractivity contribution in [3.8, 4) is 17.2 Å². The Morgan fingerprint density at radius 2 is 2.04 bits per heavy atom. The number of aliphatic imine (C=N–C) groups is 1. The molecule has 0 spiro atoms. The maximum atomic E-state index is 5.79. The van der Waals surface area contributed by atoms with Gasteiger partial charge in [0.05, 0.1) is 6.54 Å². The second-order valence-corrected chi connectivity index (χ2v) is 5.87. The van der Waals surface area contributed by atoms with Crippen LogP contribution in [0.4, 0.5) is 5.69 Å². The highest BCUT2D eigenvalue weighted by molar-refractivity contribution is 14.0. The molecule has 0 aromatic heterocycles. The number of ether oxygens (including phenoxy) is 3. The fourth-order valence-electron chi connectivity index (χ4n) is 3.15. The average Bonchev–Trinajstić information content (AvgIpc) is 3.28. The molecule has 2 heterocycles. The van der Waals surface area contributed by atoms with Gasteiger partial charge in [-0.3, -0.25) is 4.99 Å². The summed E-state index contributed by atoms with van der Waals surface area (Å²) in [6, 6.07) is 14.1. The van der Waals surface area contributed by atoms with Gasteiger partial charge in [0.25, 0.3) is 0 Å². The number of para-hydroxylation sites is 1. The van der Waals surface area contributed by atoms with Gasteiger partial charge in [0.15, 0.2) is 17.5 Å².